The molecule has 3 aromatic carbocycles. The highest BCUT2D eigenvalue weighted by molar-refractivity contribution is 9.10. The van der Waals surface area contributed by atoms with Gasteiger partial charge >= 0.3 is 11.9 Å². The molecular formula is C62H73Br2N7O8S2. The molecule has 7 rings (SSSR count). The van der Waals surface area contributed by atoms with Crippen LogP contribution in [-0.2, 0) is 47.5 Å². The second-order valence-electron chi connectivity index (χ2n) is 23.1. The van der Waals surface area contributed by atoms with Gasteiger partial charge in [-0.05, 0) is 125 Å². The third-order valence-corrected chi connectivity index (χ3v) is 15.6. The zero-order valence-corrected chi connectivity index (χ0v) is 51.8. The largest absolute Gasteiger partial charge is 0.480 e. The predicted octanol–water partition coefficient (Wildman–Crippen LogP) is 13.3. The van der Waals surface area contributed by atoms with E-state index in [9.17, 15) is 29.1 Å². The van der Waals surface area contributed by atoms with Crippen LogP contribution in [0, 0.1) is 0 Å². The summed E-state index contributed by atoms with van der Waals surface area (Å²) >= 11 is 9.44. The number of carbonyl (C=O) groups is 5. The van der Waals surface area contributed by atoms with E-state index in [-0.39, 0.29) is 42.9 Å². The Morgan fingerprint density at radius 3 is 1.32 bits per heavy atom. The molecule has 81 heavy (non-hydrogen) atoms. The number of ether oxygens (including phenoxy) is 2. The average Bonchev–Trinajstić information content (AvgIpc) is 4.16. The van der Waals surface area contributed by atoms with Gasteiger partial charge in [-0.2, -0.15) is 0 Å². The molecule has 0 aliphatic heterocycles. The van der Waals surface area contributed by atoms with Gasteiger partial charge in [-0.3, -0.25) is 14.4 Å². The van der Waals surface area contributed by atoms with Crippen molar-refractivity contribution in [2.24, 2.45) is 0 Å². The molecule has 0 aliphatic rings. The molecule has 4 atom stereocenters. The first-order chi connectivity index (χ1) is 37.4. The number of aromatic nitrogens is 4. The number of halogens is 2. The van der Waals surface area contributed by atoms with E-state index in [1.165, 1.54) is 22.7 Å². The fourth-order valence-electron chi connectivity index (χ4n) is 7.80. The summed E-state index contributed by atoms with van der Waals surface area (Å²) in [7, 11) is 0. The lowest BCUT2D eigenvalue weighted by Crippen LogP contribution is -2.55. The molecule has 0 spiro atoms. The minimum absolute atomic E-state index is 0. The lowest BCUT2D eigenvalue weighted by molar-refractivity contribution is -0.168. The first-order valence-corrected chi connectivity index (χ1v) is 29.1. The van der Waals surface area contributed by atoms with Crippen LogP contribution in [0.25, 0.3) is 22.8 Å². The SMILES string of the molecule is C.CC(C)(C)OC(=O)C(NC(=O)C(Cc1ccc(-c2ncc(Br)cn2)cc1)NC(=O)c1ccc(C(C)(C)C)s1)C(OC(C)(C)C)c1ccccc1.CC(C)(C)c1ccc(C(=O)NC(Cc2ccc(-c3ncc(Br)cn3)cc2)C(=O)O)s1. The number of hydrogen-bond acceptors (Lipinski definition) is 13. The zero-order chi connectivity index (χ0) is 58.7. The number of aliphatic carboxylic acids is 1. The molecule has 0 aliphatic carbocycles. The summed E-state index contributed by atoms with van der Waals surface area (Å²) in [5.74, 6) is -1.90. The highest BCUT2D eigenvalue weighted by Crippen LogP contribution is 2.32. The molecule has 4 aromatic heterocycles. The predicted molar refractivity (Wildman–Crippen MR) is 328 cm³/mol. The molecule has 3 amide bonds. The Hall–Kier alpha value is -6.51. The van der Waals surface area contributed by atoms with Crippen molar-refractivity contribution in [3.63, 3.8) is 0 Å². The normalized spacial score (nSPS) is 13.2. The van der Waals surface area contributed by atoms with E-state index in [0.29, 0.717) is 27.0 Å². The molecule has 430 valence electrons. The summed E-state index contributed by atoms with van der Waals surface area (Å²) in [4.78, 5) is 86.6. The topological polar surface area (TPSA) is 212 Å². The first-order valence-electron chi connectivity index (χ1n) is 25.9. The molecule has 4 unspecified atom stereocenters. The Kier molecular flexibility index (Phi) is 22.6. The van der Waals surface area contributed by atoms with Gasteiger partial charge in [0.15, 0.2) is 17.7 Å². The standard InChI is InChI=1S/C39H47BrN4O5S.C22H22BrN3O3S.CH4/c1-37(2,3)30-20-19-29(50-30)35(46)43-28(21-24-15-17-26(18-16-24)33-41-22-27(40)23-42-33)34(45)44-31(36(47)49-39(7,8)9)32(48-38(4,5)6)25-13-11-10-12-14-25;1-22(2,3)18-9-8-17(30-18)20(27)26-16(21(28)29)10-13-4-6-14(7-5-13)19-24-11-15(23)12-25-19;/h10-20,22-23,28,31-32H,21H2,1-9H3,(H,43,46)(H,44,45);4-9,11-12,16H,10H2,1-3H3,(H,26,27)(H,28,29);1H4. The molecule has 4 heterocycles. The highest BCUT2D eigenvalue weighted by Gasteiger charge is 2.39. The zero-order valence-electron chi connectivity index (χ0n) is 47.0. The van der Waals surface area contributed by atoms with E-state index >= 15 is 0 Å². The van der Waals surface area contributed by atoms with E-state index in [1.54, 1.807) is 57.7 Å². The van der Waals surface area contributed by atoms with Crippen molar-refractivity contribution in [3.05, 3.63) is 173 Å². The van der Waals surface area contributed by atoms with Gasteiger partial charge < -0.3 is 30.5 Å². The van der Waals surface area contributed by atoms with Crippen LogP contribution in [0.3, 0.4) is 0 Å². The summed E-state index contributed by atoms with van der Waals surface area (Å²) in [5, 5.41) is 18.1. The van der Waals surface area contributed by atoms with Crippen molar-refractivity contribution in [3.8, 4) is 22.8 Å². The molecule has 0 radical (unpaired) electrons. The Balaban J connectivity index is 0.000000331. The van der Waals surface area contributed by atoms with E-state index in [1.807, 2.05) is 112 Å². The van der Waals surface area contributed by atoms with Crippen molar-refractivity contribution in [1.29, 1.82) is 0 Å². The number of thiophene rings is 2. The smallest absolute Gasteiger partial charge is 0.332 e. The Labute approximate surface area is 500 Å². The van der Waals surface area contributed by atoms with E-state index in [0.717, 1.165) is 41.0 Å². The number of benzene rings is 3. The van der Waals surface area contributed by atoms with Gasteiger partial charge in [0.2, 0.25) is 5.91 Å². The minimum Gasteiger partial charge on any atom is -0.480 e. The molecule has 0 fully saturated rings. The van der Waals surface area contributed by atoms with Crippen LogP contribution in [0.15, 0.2) is 137 Å². The lowest BCUT2D eigenvalue weighted by atomic mass is 9.95. The van der Waals surface area contributed by atoms with Crippen molar-refractivity contribution in [1.82, 2.24) is 35.9 Å². The Morgan fingerprint density at radius 2 is 0.951 bits per heavy atom. The molecule has 7 aromatic rings. The Bertz CT molecular complexity index is 3220. The van der Waals surface area contributed by atoms with Crippen LogP contribution in [0.1, 0.15) is 142 Å². The second kappa shape index (κ2) is 28.0. The van der Waals surface area contributed by atoms with Crippen LogP contribution >= 0.6 is 54.5 Å². The van der Waals surface area contributed by atoms with Gasteiger partial charge in [-0.1, -0.05) is 128 Å². The van der Waals surface area contributed by atoms with Gasteiger partial charge in [0.05, 0.1) is 24.3 Å². The molecule has 19 heteroatoms. The van der Waals surface area contributed by atoms with Gasteiger partial charge in [0.1, 0.15) is 23.8 Å². The number of nitrogens with one attached hydrogen (secondary N) is 3. The molecular weight excluding hydrogens is 1190 g/mol. The number of hydrogen-bond donors (Lipinski definition) is 4. The van der Waals surface area contributed by atoms with Crippen molar-refractivity contribution in [2.75, 3.05) is 0 Å². The highest BCUT2D eigenvalue weighted by atomic mass is 79.9. The van der Waals surface area contributed by atoms with Crippen LogP contribution in [0.4, 0.5) is 0 Å². The third kappa shape index (κ3) is 19.9. The summed E-state index contributed by atoms with van der Waals surface area (Å²) in [6, 6.07) is 28.1. The lowest BCUT2D eigenvalue weighted by Gasteiger charge is -2.35. The average molecular weight is 1270 g/mol. The number of carboxylic acid groups (broad SMARTS) is 1. The maximum Gasteiger partial charge on any atom is 0.332 e. The van der Waals surface area contributed by atoms with Crippen molar-refractivity contribution >= 4 is 84.2 Å². The van der Waals surface area contributed by atoms with Crippen molar-refractivity contribution in [2.45, 2.75) is 150 Å². The van der Waals surface area contributed by atoms with Crippen LogP contribution in [0.2, 0.25) is 0 Å². The first kappa shape index (κ1) is 65.3. The van der Waals surface area contributed by atoms with Crippen LogP contribution < -0.4 is 16.0 Å². The molecule has 4 N–H and O–H groups in total. The van der Waals surface area contributed by atoms with Crippen molar-refractivity contribution < 1.29 is 38.6 Å². The number of carbonyl (C=O) groups excluding carboxylic acids is 4. The summed E-state index contributed by atoms with van der Waals surface area (Å²) in [5.41, 5.74) is 2.20. The summed E-state index contributed by atoms with van der Waals surface area (Å²) in [6.07, 6.45) is 6.13. The molecule has 0 bridgehead atoms. The quantitative estimate of drug-likeness (QED) is 0.0627. The van der Waals surface area contributed by atoms with E-state index in [2.05, 4.69) is 109 Å². The number of rotatable bonds is 17. The maximum absolute atomic E-state index is 14.4. The monoisotopic (exact) mass is 1270 g/mol. The van der Waals surface area contributed by atoms with Gasteiger partial charge in [-0.25, -0.2) is 29.5 Å². The molecule has 15 nitrogen and oxygen atoms in total. The van der Waals surface area contributed by atoms with Crippen LogP contribution in [-0.4, -0.2) is 84.0 Å². The fraction of sp³-hybridized carbons (Fsp3) is 0.371. The van der Waals surface area contributed by atoms with Gasteiger partial charge in [-0.15, -0.1) is 22.7 Å². The van der Waals surface area contributed by atoms with E-state index < -0.39 is 53.3 Å². The fourth-order valence-corrected chi connectivity index (χ4v) is 10.1. The third-order valence-electron chi connectivity index (χ3n) is 11.8. The molecule has 0 saturated carbocycles. The Morgan fingerprint density at radius 1 is 0.543 bits per heavy atom. The number of esters is 1. The van der Waals surface area contributed by atoms with Crippen LogP contribution in [0.5, 0.6) is 0 Å². The maximum atomic E-state index is 14.4. The summed E-state index contributed by atoms with van der Waals surface area (Å²) in [6.45, 7) is 23.4. The second-order valence-corrected chi connectivity index (χ2v) is 27.1. The summed E-state index contributed by atoms with van der Waals surface area (Å²) < 4.78 is 13.8. The van der Waals surface area contributed by atoms with Gasteiger partial charge in [0.25, 0.3) is 11.8 Å². The minimum atomic E-state index is -1.23. The number of carboxylic acids is 1. The van der Waals surface area contributed by atoms with Gasteiger partial charge in [0, 0.05) is 58.5 Å². The van der Waals surface area contributed by atoms with E-state index in [4.69, 9.17) is 9.47 Å². The molecule has 0 saturated heterocycles. The number of nitrogens with zero attached hydrogens (tertiary/aromatic N) is 4. The number of amides is 3.